The van der Waals surface area contributed by atoms with Gasteiger partial charge in [0.1, 0.15) is 35.0 Å². The number of aromatic nitrogens is 3. The van der Waals surface area contributed by atoms with Crippen LogP contribution in [-0.2, 0) is 13.2 Å². The maximum Gasteiger partial charge on any atom is 0.336 e. The molecule has 0 fully saturated rings. The van der Waals surface area contributed by atoms with Crippen LogP contribution in [0, 0.1) is 6.92 Å². The highest BCUT2D eigenvalue weighted by Gasteiger charge is 2.07. The Kier molecular flexibility index (Phi) is 7.82. The van der Waals surface area contributed by atoms with Crippen LogP contribution in [0.1, 0.15) is 43.4 Å². The van der Waals surface area contributed by atoms with E-state index in [4.69, 9.17) is 18.3 Å². The first-order valence-electron chi connectivity index (χ1n) is 12.8. The number of aryl methyl sites for hydroxylation is 2. The molecule has 9 nitrogen and oxygen atoms in total. The van der Waals surface area contributed by atoms with Gasteiger partial charge in [-0.25, -0.2) is 9.59 Å². The fourth-order valence-corrected chi connectivity index (χ4v) is 4.29. The topological polar surface area (TPSA) is 110 Å². The zero-order valence-corrected chi connectivity index (χ0v) is 21.2. The third-order valence-electron chi connectivity index (χ3n) is 6.29. The minimum atomic E-state index is -0.373. The lowest BCUT2D eigenvalue weighted by atomic mass is 10.1. The number of benzene rings is 2. The van der Waals surface area contributed by atoms with Crippen molar-refractivity contribution in [3.8, 4) is 11.5 Å². The number of nitrogens with zero attached hydrogens (tertiary/aromatic N) is 3. The SMILES string of the molecule is Cc1cc(=O)oc2cc(OCc3cn(CCCCCCCOc4ccc5ccc(=O)oc5c4)nn3)ccc12. The molecular formula is C29H29N3O6. The molecule has 0 unspecified atom stereocenters. The van der Waals surface area contributed by atoms with Gasteiger partial charge in [-0.05, 0) is 55.7 Å². The molecule has 196 valence electrons. The first-order valence-corrected chi connectivity index (χ1v) is 12.8. The average Bonchev–Trinajstić information content (AvgIpc) is 3.36. The minimum absolute atomic E-state index is 0.283. The Bertz CT molecular complexity index is 1650. The summed E-state index contributed by atoms with van der Waals surface area (Å²) in [6.07, 6.45) is 7.14. The third kappa shape index (κ3) is 6.47. The van der Waals surface area contributed by atoms with Gasteiger partial charge in [-0.3, -0.25) is 4.68 Å². The van der Waals surface area contributed by atoms with E-state index in [1.165, 1.54) is 12.1 Å². The first-order chi connectivity index (χ1) is 18.5. The highest BCUT2D eigenvalue weighted by Crippen LogP contribution is 2.23. The quantitative estimate of drug-likeness (QED) is 0.160. The van der Waals surface area contributed by atoms with Crippen LogP contribution < -0.4 is 20.7 Å². The predicted molar refractivity (Wildman–Crippen MR) is 143 cm³/mol. The Hall–Kier alpha value is -4.40. The van der Waals surface area contributed by atoms with Crippen molar-refractivity contribution < 1.29 is 18.3 Å². The molecule has 3 aromatic heterocycles. The Labute approximate surface area is 218 Å². The number of rotatable bonds is 12. The van der Waals surface area contributed by atoms with E-state index >= 15 is 0 Å². The van der Waals surface area contributed by atoms with Crippen molar-refractivity contribution in [1.29, 1.82) is 0 Å². The van der Waals surface area contributed by atoms with Crippen molar-refractivity contribution in [1.82, 2.24) is 15.0 Å². The van der Waals surface area contributed by atoms with Crippen LogP contribution in [0.3, 0.4) is 0 Å². The van der Waals surface area contributed by atoms with Crippen LogP contribution in [0.5, 0.6) is 11.5 Å². The lowest BCUT2D eigenvalue weighted by Crippen LogP contribution is -2.00. The Morgan fingerprint density at radius 2 is 1.53 bits per heavy atom. The Morgan fingerprint density at radius 3 is 2.45 bits per heavy atom. The van der Waals surface area contributed by atoms with Crippen molar-refractivity contribution in [2.75, 3.05) is 6.61 Å². The fourth-order valence-electron chi connectivity index (χ4n) is 4.29. The highest BCUT2D eigenvalue weighted by molar-refractivity contribution is 5.81. The van der Waals surface area contributed by atoms with Gasteiger partial charge in [-0.2, -0.15) is 0 Å². The molecule has 38 heavy (non-hydrogen) atoms. The monoisotopic (exact) mass is 515 g/mol. The van der Waals surface area contributed by atoms with E-state index < -0.39 is 0 Å². The van der Waals surface area contributed by atoms with Crippen molar-refractivity contribution in [3.05, 3.63) is 92.9 Å². The molecule has 0 saturated heterocycles. The smallest absolute Gasteiger partial charge is 0.336 e. The van der Waals surface area contributed by atoms with E-state index in [2.05, 4.69) is 10.3 Å². The van der Waals surface area contributed by atoms with E-state index in [1.54, 1.807) is 18.2 Å². The molecule has 3 heterocycles. The Balaban J connectivity index is 0.979. The molecule has 0 aliphatic heterocycles. The van der Waals surface area contributed by atoms with Crippen LogP contribution in [0.2, 0.25) is 0 Å². The van der Waals surface area contributed by atoms with E-state index in [0.717, 1.165) is 60.7 Å². The van der Waals surface area contributed by atoms with Crippen LogP contribution in [0.4, 0.5) is 0 Å². The summed E-state index contributed by atoms with van der Waals surface area (Å²) in [5, 5.41) is 10.1. The van der Waals surface area contributed by atoms with Gasteiger partial charge < -0.3 is 18.3 Å². The van der Waals surface area contributed by atoms with Crippen LogP contribution >= 0.6 is 0 Å². The molecular weight excluding hydrogens is 486 g/mol. The lowest BCUT2D eigenvalue weighted by Gasteiger charge is -2.07. The molecule has 0 atom stereocenters. The van der Waals surface area contributed by atoms with Crippen molar-refractivity contribution in [3.63, 3.8) is 0 Å². The van der Waals surface area contributed by atoms with E-state index in [-0.39, 0.29) is 17.9 Å². The van der Waals surface area contributed by atoms with Gasteiger partial charge in [0.2, 0.25) is 0 Å². The molecule has 0 radical (unpaired) electrons. The largest absolute Gasteiger partial charge is 0.493 e. The number of fused-ring (bicyclic) bond motifs is 2. The summed E-state index contributed by atoms with van der Waals surface area (Å²) in [5.41, 5.74) is 1.92. The second-order valence-corrected chi connectivity index (χ2v) is 9.24. The molecule has 0 spiro atoms. The van der Waals surface area contributed by atoms with Gasteiger partial charge in [0.15, 0.2) is 0 Å². The van der Waals surface area contributed by atoms with Crippen molar-refractivity contribution in [2.45, 2.75) is 52.2 Å². The predicted octanol–water partition coefficient (Wildman–Crippen LogP) is 5.41. The molecule has 0 N–H and O–H groups in total. The van der Waals surface area contributed by atoms with Crippen molar-refractivity contribution in [2.24, 2.45) is 0 Å². The summed E-state index contributed by atoms with van der Waals surface area (Å²) in [6, 6.07) is 15.6. The number of hydrogen-bond acceptors (Lipinski definition) is 8. The molecule has 0 saturated carbocycles. The summed E-state index contributed by atoms with van der Waals surface area (Å²) < 4.78 is 23.9. The summed E-state index contributed by atoms with van der Waals surface area (Å²) >= 11 is 0. The minimum Gasteiger partial charge on any atom is -0.493 e. The standard InChI is InChI=1S/C29H29N3O6/c1-20-15-29(34)38-27-17-24(10-11-25(20)27)36-19-22-18-32(31-30-22)13-5-3-2-4-6-14-35-23-9-7-21-8-12-28(33)37-26(21)16-23/h7-12,15-18H,2-6,13-14,19H2,1H3. The number of unbranched alkanes of at least 4 members (excludes halogenated alkanes) is 4. The van der Waals surface area contributed by atoms with Gasteiger partial charge in [-0.1, -0.05) is 24.5 Å². The zero-order valence-electron chi connectivity index (χ0n) is 21.2. The van der Waals surface area contributed by atoms with Crippen LogP contribution in [0.15, 0.2) is 79.2 Å². The first kappa shape index (κ1) is 25.3. The maximum atomic E-state index is 11.6. The molecule has 0 aliphatic carbocycles. The number of hydrogen-bond donors (Lipinski definition) is 0. The van der Waals surface area contributed by atoms with E-state index in [1.807, 2.05) is 42.1 Å². The molecule has 0 aliphatic rings. The van der Waals surface area contributed by atoms with Gasteiger partial charge >= 0.3 is 11.3 Å². The highest BCUT2D eigenvalue weighted by atomic mass is 16.5. The summed E-state index contributed by atoms with van der Waals surface area (Å²) in [4.78, 5) is 23.0. The van der Waals surface area contributed by atoms with Gasteiger partial charge in [0.25, 0.3) is 0 Å². The second-order valence-electron chi connectivity index (χ2n) is 9.24. The van der Waals surface area contributed by atoms with E-state index in [9.17, 15) is 9.59 Å². The van der Waals surface area contributed by atoms with E-state index in [0.29, 0.717) is 29.3 Å². The lowest BCUT2D eigenvalue weighted by molar-refractivity contribution is 0.301. The molecule has 2 aromatic carbocycles. The van der Waals surface area contributed by atoms with Gasteiger partial charge in [0, 0.05) is 41.6 Å². The normalized spacial score (nSPS) is 11.3. The molecule has 0 amide bonds. The molecule has 0 bridgehead atoms. The van der Waals surface area contributed by atoms with Gasteiger partial charge in [-0.15, -0.1) is 5.10 Å². The average molecular weight is 516 g/mol. The molecule has 5 rings (SSSR count). The summed E-state index contributed by atoms with van der Waals surface area (Å²) in [6.45, 7) is 3.58. The fraction of sp³-hybridized carbons (Fsp3) is 0.310. The number of ether oxygens (including phenoxy) is 2. The Morgan fingerprint density at radius 1 is 0.789 bits per heavy atom. The van der Waals surface area contributed by atoms with Crippen molar-refractivity contribution >= 4 is 21.9 Å². The second kappa shape index (κ2) is 11.8. The maximum absolute atomic E-state index is 11.6. The van der Waals surface area contributed by atoms with Gasteiger partial charge in [0.05, 0.1) is 12.8 Å². The zero-order chi connectivity index (χ0) is 26.3. The van der Waals surface area contributed by atoms with Crippen LogP contribution in [-0.4, -0.2) is 21.6 Å². The summed E-state index contributed by atoms with van der Waals surface area (Å²) in [7, 11) is 0. The summed E-state index contributed by atoms with van der Waals surface area (Å²) in [5.74, 6) is 1.32. The van der Waals surface area contributed by atoms with Crippen LogP contribution in [0.25, 0.3) is 21.9 Å². The molecule has 5 aromatic rings. The third-order valence-corrected chi connectivity index (χ3v) is 6.29. The molecule has 9 heteroatoms.